The van der Waals surface area contributed by atoms with E-state index in [-0.39, 0.29) is 18.2 Å². The molecular weight excluding hydrogens is 202 g/mol. The molecular formula is C13H27NO2. The van der Waals surface area contributed by atoms with E-state index in [1.54, 1.807) is 0 Å². The standard InChI is InChI=1S/C13H27NO2/c1-5-7-16-12-10(14)9-11(12)15-8-6-13(2,3)4/h10-12H,5-9,14H2,1-4H3. The molecule has 1 aliphatic rings. The molecule has 3 atom stereocenters. The third-order valence-corrected chi connectivity index (χ3v) is 2.99. The van der Waals surface area contributed by atoms with E-state index >= 15 is 0 Å². The Hall–Kier alpha value is -0.120. The molecule has 0 aliphatic heterocycles. The van der Waals surface area contributed by atoms with Crippen LogP contribution < -0.4 is 5.73 Å². The maximum Gasteiger partial charge on any atom is 0.0988 e. The van der Waals surface area contributed by atoms with Gasteiger partial charge in [-0.2, -0.15) is 0 Å². The van der Waals surface area contributed by atoms with Crippen molar-refractivity contribution in [3.63, 3.8) is 0 Å². The fourth-order valence-corrected chi connectivity index (χ4v) is 1.78. The molecule has 0 aromatic rings. The third-order valence-electron chi connectivity index (χ3n) is 2.99. The first-order valence-electron chi connectivity index (χ1n) is 6.43. The highest BCUT2D eigenvalue weighted by Crippen LogP contribution is 2.27. The van der Waals surface area contributed by atoms with Crippen LogP contribution in [0.3, 0.4) is 0 Å². The second-order valence-electron chi connectivity index (χ2n) is 5.95. The first-order chi connectivity index (χ1) is 7.44. The monoisotopic (exact) mass is 229 g/mol. The van der Waals surface area contributed by atoms with Crippen molar-refractivity contribution in [1.82, 2.24) is 0 Å². The highest BCUT2D eigenvalue weighted by Gasteiger charge is 2.40. The average Bonchev–Trinajstić information content (AvgIpc) is 2.15. The molecule has 0 radical (unpaired) electrons. The van der Waals surface area contributed by atoms with Gasteiger partial charge in [0.05, 0.1) is 12.2 Å². The van der Waals surface area contributed by atoms with Gasteiger partial charge in [0.1, 0.15) is 0 Å². The Morgan fingerprint density at radius 3 is 2.38 bits per heavy atom. The first-order valence-corrected chi connectivity index (χ1v) is 6.43. The van der Waals surface area contributed by atoms with Crippen molar-refractivity contribution in [3.05, 3.63) is 0 Å². The van der Waals surface area contributed by atoms with Crippen LogP contribution in [0.1, 0.15) is 47.0 Å². The summed E-state index contributed by atoms with van der Waals surface area (Å²) >= 11 is 0. The SMILES string of the molecule is CCCOC1C(N)CC1OCCC(C)(C)C. The van der Waals surface area contributed by atoms with Gasteiger partial charge in [-0.25, -0.2) is 0 Å². The third kappa shape index (κ3) is 4.40. The zero-order valence-corrected chi connectivity index (χ0v) is 11.2. The van der Waals surface area contributed by atoms with Crippen molar-refractivity contribution in [2.75, 3.05) is 13.2 Å². The predicted molar refractivity (Wildman–Crippen MR) is 66.4 cm³/mol. The molecule has 1 rings (SSSR count). The van der Waals surface area contributed by atoms with Crippen LogP contribution in [0.4, 0.5) is 0 Å². The molecule has 16 heavy (non-hydrogen) atoms. The molecule has 0 bridgehead atoms. The molecule has 1 fully saturated rings. The smallest absolute Gasteiger partial charge is 0.0988 e. The molecule has 0 aromatic carbocycles. The summed E-state index contributed by atoms with van der Waals surface area (Å²) in [7, 11) is 0. The quantitative estimate of drug-likeness (QED) is 0.760. The molecule has 3 nitrogen and oxygen atoms in total. The summed E-state index contributed by atoms with van der Waals surface area (Å²) in [4.78, 5) is 0. The van der Waals surface area contributed by atoms with Gasteiger partial charge in [0.25, 0.3) is 0 Å². The van der Waals surface area contributed by atoms with Gasteiger partial charge in [-0.15, -0.1) is 0 Å². The van der Waals surface area contributed by atoms with Crippen LogP contribution in [0.5, 0.6) is 0 Å². The Labute approximate surface area is 99.7 Å². The van der Waals surface area contributed by atoms with E-state index in [1.165, 1.54) is 0 Å². The Balaban J connectivity index is 2.17. The van der Waals surface area contributed by atoms with Gasteiger partial charge in [-0.3, -0.25) is 0 Å². The van der Waals surface area contributed by atoms with E-state index in [9.17, 15) is 0 Å². The molecule has 2 N–H and O–H groups in total. The van der Waals surface area contributed by atoms with Crippen LogP contribution in [-0.2, 0) is 9.47 Å². The summed E-state index contributed by atoms with van der Waals surface area (Å²) in [6.07, 6.45) is 3.42. The largest absolute Gasteiger partial charge is 0.375 e. The molecule has 0 amide bonds. The van der Waals surface area contributed by atoms with Crippen LogP contribution in [0.25, 0.3) is 0 Å². The zero-order valence-electron chi connectivity index (χ0n) is 11.2. The lowest BCUT2D eigenvalue weighted by Gasteiger charge is -2.42. The van der Waals surface area contributed by atoms with Crippen molar-refractivity contribution in [2.45, 2.75) is 65.2 Å². The van der Waals surface area contributed by atoms with Gasteiger partial charge in [-0.05, 0) is 24.7 Å². The molecule has 3 unspecified atom stereocenters. The van der Waals surface area contributed by atoms with Crippen LogP contribution in [0.2, 0.25) is 0 Å². The summed E-state index contributed by atoms with van der Waals surface area (Å²) in [6, 6.07) is 0.172. The summed E-state index contributed by atoms with van der Waals surface area (Å²) in [5.41, 5.74) is 6.25. The molecule has 1 saturated carbocycles. The zero-order chi connectivity index (χ0) is 12.2. The summed E-state index contributed by atoms with van der Waals surface area (Å²) in [6.45, 7) is 10.4. The van der Waals surface area contributed by atoms with Crippen molar-refractivity contribution >= 4 is 0 Å². The van der Waals surface area contributed by atoms with Gasteiger partial charge in [-0.1, -0.05) is 27.7 Å². The number of rotatable bonds is 6. The minimum absolute atomic E-state index is 0.125. The van der Waals surface area contributed by atoms with E-state index in [0.717, 1.165) is 32.5 Å². The van der Waals surface area contributed by atoms with Gasteiger partial charge >= 0.3 is 0 Å². The van der Waals surface area contributed by atoms with Crippen molar-refractivity contribution < 1.29 is 9.47 Å². The number of hydrogen-bond acceptors (Lipinski definition) is 3. The Morgan fingerprint density at radius 2 is 1.88 bits per heavy atom. The van der Waals surface area contributed by atoms with Crippen molar-refractivity contribution in [3.8, 4) is 0 Å². The van der Waals surface area contributed by atoms with E-state index in [4.69, 9.17) is 15.2 Å². The number of hydrogen-bond donors (Lipinski definition) is 1. The van der Waals surface area contributed by atoms with E-state index in [1.807, 2.05) is 0 Å². The Morgan fingerprint density at radius 1 is 1.19 bits per heavy atom. The van der Waals surface area contributed by atoms with Crippen LogP contribution in [0.15, 0.2) is 0 Å². The summed E-state index contributed by atoms with van der Waals surface area (Å²) in [5, 5.41) is 0. The summed E-state index contributed by atoms with van der Waals surface area (Å²) < 4.78 is 11.5. The first kappa shape index (κ1) is 13.9. The van der Waals surface area contributed by atoms with E-state index in [2.05, 4.69) is 27.7 Å². The summed E-state index contributed by atoms with van der Waals surface area (Å²) in [5.74, 6) is 0. The predicted octanol–water partition coefficient (Wildman–Crippen LogP) is 2.33. The van der Waals surface area contributed by atoms with Crippen LogP contribution >= 0.6 is 0 Å². The molecule has 0 aromatic heterocycles. The number of ether oxygens (including phenoxy) is 2. The van der Waals surface area contributed by atoms with Gasteiger partial charge in [0, 0.05) is 19.3 Å². The van der Waals surface area contributed by atoms with Crippen molar-refractivity contribution in [1.29, 1.82) is 0 Å². The lowest BCUT2D eigenvalue weighted by molar-refractivity contribution is -0.142. The van der Waals surface area contributed by atoms with Gasteiger partial charge in [0.2, 0.25) is 0 Å². The maximum absolute atomic E-state index is 5.91. The Kier molecular flexibility index (Phi) is 5.22. The lowest BCUT2D eigenvalue weighted by atomic mass is 9.85. The van der Waals surface area contributed by atoms with Gasteiger partial charge in [0.15, 0.2) is 0 Å². The molecule has 3 heteroatoms. The molecule has 96 valence electrons. The van der Waals surface area contributed by atoms with Gasteiger partial charge < -0.3 is 15.2 Å². The second kappa shape index (κ2) is 5.99. The minimum atomic E-state index is 0.125. The molecule has 0 spiro atoms. The highest BCUT2D eigenvalue weighted by atomic mass is 16.5. The van der Waals surface area contributed by atoms with E-state index < -0.39 is 0 Å². The van der Waals surface area contributed by atoms with Crippen molar-refractivity contribution in [2.24, 2.45) is 11.1 Å². The molecule has 0 saturated heterocycles. The Bertz CT molecular complexity index is 201. The van der Waals surface area contributed by atoms with E-state index in [0.29, 0.717) is 5.41 Å². The average molecular weight is 229 g/mol. The van der Waals surface area contributed by atoms with Crippen LogP contribution in [-0.4, -0.2) is 31.5 Å². The topological polar surface area (TPSA) is 44.5 Å². The highest BCUT2D eigenvalue weighted by molar-refractivity contribution is 4.95. The second-order valence-corrected chi connectivity index (χ2v) is 5.95. The maximum atomic E-state index is 5.91. The lowest BCUT2D eigenvalue weighted by Crippen LogP contribution is -2.58. The molecule has 0 heterocycles. The fraction of sp³-hybridized carbons (Fsp3) is 1.00. The normalized spacial score (nSPS) is 30.2. The minimum Gasteiger partial charge on any atom is -0.375 e. The fourth-order valence-electron chi connectivity index (χ4n) is 1.78. The molecule has 1 aliphatic carbocycles. The number of nitrogens with two attached hydrogens (primary N) is 1. The van der Waals surface area contributed by atoms with Crippen LogP contribution in [0, 0.1) is 5.41 Å².